The topological polar surface area (TPSA) is 3.88 Å². The number of fused-ring (bicyclic) bond motifs is 3. The lowest BCUT2D eigenvalue weighted by Crippen LogP contribution is -2.35. The zero-order valence-electron chi connectivity index (χ0n) is 17.3. The summed E-state index contributed by atoms with van der Waals surface area (Å²) in [5.74, 6) is 1.53. The van der Waals surface area contributed by atoms with Crippen molar-refractivity contribution in [2.24, 2.45) is 7.05 Å². The third-order valence-electron chi connectivity index (χ3n) is 6.88. The van der Waals surface area contributed by atoms with E-state index in [2.05, 4.69) is 62.7 Å². The molecule has 3 aliphatic carbocycles. The second-order valence-corrected chi connectivity index (χ2v) is 8.51. The maximum atomic E-state index is 8.64. The van der Waals surface area contributed by atoms with Gasteiger partial charge in [-0.1, -0.05) is 23.8 Å². The highest BCUT2D eigenvalue weighted by Crippen LogP contribution is 2.50. The van der Waals surface area contributed by atoms with Crippen LogP contribution in [0, 0.1) is 20.8 Å². The van der Waals surface area contributed by atoms with Crippen LogP contribution < -0.4 is 4.57 Å². The molecular weight excluding hydrogens is 314 g/mol. The molecule has 1 aromatic heterocycles. The molecule has 1 nitrogen and oxygen atoms in total. The van der Waals surface area contributed by atoms with E-state index < -0.39 is 0 Å². The van der Waals surface area contributed by atoms with Gasteiger partial charge >= 0.3 is 0 Å². The maximum absolute atomic E-state index is 8.64. The Balaban J connectivity index is 1.84. The first-order chi connectivity index (χ1) is 13.0. The van der Waals surface area contributed by atoms with Crippen LogP contribution in [0.1, 0.15) is 66.8 Å². The van der Waals surface area contributed by atoms with Crippen LogP contribution >= 0.6 is 0 Å². The normalized spacial score (nSPS) is 21.8. The summed E-state index contributed by atoms with van der Waals surface area (Å²) < 4.78 is 10.9. The van der Waals surface area contributed by atoms with Gasteiger partial charge in [-0.2, -0.15) is 4.57 Å². The van der Waals surface area contributed by atoms with Crippen molar-refractivity contribution in [3.05, 3.63) is 64.3 Å². The Hall–Kier alpha value is -2.15. The van der Waals surface area contributed by atoms with Gasteiger partial charge in [0.25, 0.3) is 0 Å². The van der Waals surface area contributed by atoms with Crippen LogP contribution in [0.5, 0.6) is 0 Å². The smallest absolute Gasteiger partial charge is 0.198 e. The molecule has 0 N–H and O–H groups in total. The van der Waals surface area contributed by atoms with Crippen LogP contribution in [-0.2, 0) is 7.05 Å². The summed E-state index contributed by atoms with van der Waals surface area (Å²) in [7, 11) is 2.12. The number of hydrogen-bond donors (Lipinski definition) is 0. The van der Waals surface area contributed by atoms with Gasteiger partial charge in [0.15, 0.2) is 5.69 Å². The van der Waals surface area contributed by atoms with Crippen molar-refractivity contribution < 1.29 is 5.94 Å². The van der Waals surface area contributed by atoms with Gasteiger partial charge in [0.05, 0.1) is 12.3 Å². The van der Waals surface area contributed by atoms with Crippen molar-refractivity contribution in [1.29, 1.82) is 0 Å². The molecule has 0 radical (unpaired) electrons. The van der Waals surface area contributed by atoms with Crippen LogP contribution in [0.3, 0.4) is 0 Å². The molecule has 0 aliphatic heterocycles. The number of aryl methyl sites for hydroxylation is 2. The highest BCUT2D eigenvalue weighted by molar-refractivity contribution is 5.94. The Morgan fingerprint density at radius 2 is 1.58 bits per heavy atom. The van der Waals surface area contributed by atoms with Crippen molar-refractivity contribution >= 4 is 10.8 Å². The largest absolute Gasteiger partial charge is 0.220 e. The summed E-state index contributed by atoms with van der Waals surface area (Å²) in [6, 6.07) is 12.2. The van der Waals surface area contributed by atoms with Crippen molar-refractivity contribution in [2.45, 2.75) is 58.3 Å². The minimum absolute atomic E-state index is 0.648. The van der Waals surface area contributed by atoms with E-state index in [0.29, 0.717) is 6.04 Å². The van der Waals surface area contributed by atoms with Crippen molar-refractivity contribution in [2.75, 3.05) is 0 Å². The lowest BCUT2D eigenvalue weighted by atomic mass is 9.66. The molecule has 6 rings (SSSR count). The van der Waals surface area contributed by atoms with Crippen LogP contribution in [0.2, 0.25) is 0 Å². The van der Waals surface area contributed by atoms with Gasteiger partial charge in [-0.15, -0.1) is 0 Å². The molecule has 26 heavy (non-hydrogen) atoms. The minimum atomic E-state index is 0.648. The average molecular weight is 344 g/mol. The third kappa shape index (κ3) is 2.26. The molecule has 1 heterocycles. The fourth-order valence-electron chi connectivity index (χ4n) is 5.35. The minimum Gasteiger partial charge on any atom is -0.198 e. The van der Waals surface area contributed by atoms with Gasteiger partial charge < -0.3 is 0 Å². The van der Waals surface area contributed by atoms with Gasteiger partial charge in [0.1, 0.15) is 7.05 Å². The Bertz CT molecular complexity index is 1090. The van der Waals surface area contributed by atoms with Crippen molar-refractivity contribution in [3.63, 3.8) is 0 Å². The summed E-state index contributed by atoms with van der Waals surface area (Å²) in [5.41, 5.74) is 9.45. The predicted octanol–water partition coefficient (Wildman–Crippen LogP) is 6.01. The second kappa shape index (κ2) is 5.67. The molecule has 132 valence electrons. The highest BCUT2D eigenvalue weighted by Gasteiger charge is 2.34. The van der Waals surface area contributed by atoms with E-state index in [1.54, 1.807) is 11.1 Å². The van der Waals surface area contributed by atoms with Crippen LogP contribution in [-0.4, -0.2) is 0 Å². The molecule has 2 aromatic carbocycles. The van der Waals surface area contributed by atoms with E-state index in [1.807, 2.05) is 0 Å². The fraction of sp³-hybridized carbons (Fsp3) is 0.400. The molecule has 0 spiro atoms. The summed E-state index contributed by atoms with van der Waals surface area (Å²) in [4.78, 5) is 0. The Morgan fingerprint density at radius 1 is 0.923 bits per heavy atom. The molecule has 1 fully saturated rings. The Morgan fingerprint density at radius 3 is 2.27 bits per heavy atom. The van der Waals surface area contributed by atoms with E-state index in [4.69, 9.17) is 1.37 Å². The summed E-state index contributed by atoms with van der Waals surface area (Å²) in [6.07, 6.45) is 5.46. The quantitative estimate of drug-likeness (QED) is 0.476. The first-order valence-electron chi connectivity index (χ1n) is 10.5. The Labute approximate surface area is 158 Å². The molecule has 3 aromatic rings. The lowest BCUT2D eigenvalue weighted by Gasteiger charge is -2.38. The molecule has 0 atom stereocenters. The summed E-state index contributed by atoms with van der Waals surface area (Å²) >= 11 is 0. The van der Waals surface area contributed by atoms with Gasteiger partial charge in [-0.3, -0.25) is 0 Å². The first-order valence-corrected chi connectivity index (χ1v) is 10.00. The molecular formula is C25H28N+. The molecule has 1 heteroatoms. The lowest BCUT2D eigenvalue weighted by molar-refractivity contribution is -0.665. The van der Waals surface area contributed by atoms with E-state index in [-0.39, 0.29) is 0 Å². The Kier molecular flexibility index (Phi) is 3.26. The van der Waals surface area contributed by atoms with Crippen LogP contribution in [0.4, 0.5) is 0 Å². The zero-order valence-corrected chi connectivity index (χ0v) is 16.3. The van der Waals surface area contributed by atoms with Gasteiger partial charge in [0, 0.05) is 13.0 Å². The molecule has 3 aliphatic rings. The van der Waals surface area contributed by atoms with E-state index >= 15 is 0 Å². The molecule has 0 amide bonds. The van der Waals surface area contributed by atoms with Gasteiger partial charge in [-0.05, 0) is 85.6 Å². The molecule has 0 saturated heterocycles. The summed E-state index contributed by atoms with van der Waals surface area (Å²) in [5, 5.41) is 2.27. The monoisotopic (exact) mass is 343 g/mol. The van der Waals surface area contributed by atoms with Gasteiger partial charge in [0.2, 0.25) is 5.69 Å². The number of hydrogen-bond acceptors (Lipinski definition) is 0. The van der Waals surface area contributed by atoms with E-state index in [9.17, 15) is 0 Å². The van der Waals surface area contributed by atoms with Crippen LogP contribution in [0.15, 0.2) is 36.4 Å². The SMILES string of the molecule is [2H]c1c(C)[n+](C)c(-c2cc3c(cc2C)C2CCC3CC2)c2ccc(C)cc12. The first kappa shape index (κ1) is 15.0. The standard InChI is InChI=1S/C25H28N/c1-15-5-10-21-20(11-15)13-17(3)26(4)25(21)22-14-24-19-8-6-18(7-9-19)23(24)12-16(22)2/h5,10-14,18-19H,6-9H2,1-4H3/q+1/i13D. The van der Waals surface area contributed by atoms with Crippen molar-refractivity contribution in [3.8, 4) is 11.3 Å². The number of benzene rings is 2. The van der Waals surface area contributed by atoms with Crippen molar-refractivity contribution in [1.82, 2.24) is 0 Å². The number of nitrogens with zero attached hydrogens (tertiary/aromatic N) is 1. The number of rotatable bonds is 1. The highest BCUT2D eigenvalue weighted by atomic mass is 14.9. The van der Waals surface area contributed by atoms with Gasteiger partial charge in [-0.25, -0.2) is 0 Å². The second-order valence-electron chi connectivity index (χ2n) is 8.51. The van der Waals surface area contributed by atoms with E-state index in [1.165, 1.54) is 53.5 Å². The van der Waals surface area contributed by atoms with Crippen LogP contribution in [0.25, 0.3) is 22.0 Å². The maximum Gasteiger partial charge on any atom is 0.220 e. The molecule has 0 unspecified atom stereocenters. The van der Waals surface area contributed by atoms with E-state index in [0.717, 1.165) is 22.9 Å². The third-order valence-corrected chi connectivity index (χ3v) is 6.88. The zero-order chi connectivity index (χ0) is 18.9. The molecule has 1 saturated carbocycles. The summed E-state index contributed by atoms with van der Waals surface area (Å²) in [6.45, 7) is 6.45. The predicted molar refractivity (Wildman–Crippen MR) is 109 cm³/mol. The fourth-order valence-corrected chi connectivity index (χ4v) is 5.35. The number of aromatic nitrogens is 1. The number of pyridine rings is 1. The molecule has 2 bridgehead atoms. The average Bonchev–Trinajstić information content (AvgIpc) is 2.68.